The molecule has 0 bridgehead atoms. The van der Waals surface area contributed by atoms with Gasteiger partial charge in [0.2, 0.25) is 5.91 Å². The molecule has 22 heavy (non-hydrogen) atoms. The Bertz CT molecular complexity index is 776. The number of hydrogen-bond donors (Lipinski definition) is 0. The van der Waals surface area contributed by atoms with Crippen molar-refractivity contribution in [1.29, 1.82) is 0 Å². The molecular formula is C16H20N4O2. The molecule has 1 atom stereocenters. The van der Waals surface area contributed by atoms with E-state index in [-0.39, 0.29) is 22.9 Å². The number of amides is 1. The lowest BCUT2D eigenvalue weighted by Gasteiger charge is -2.32. The molecule has 6 heteroatoms. The summed E-state index contributed by atoms with van der Waals surface area (Å²) in [7, 11) is 0. The van der Waals surface area contributed by atoms with E-state index in [9.17, 15) is 9.59 Å². The molecule has 0 aromatic carbocycles. The smallest absolute Gasteiger partial charge is 0.262 e. The van der Waals surface area contributed by atoms with E-state index in [4.69, 9.17) is 0 Å². The number of hydrogen-bond acceptors (Lipinski definition) is 4. The summed E-state index contributed by atoms with van der Waals surface area (Å²) in [5.41, 5.74) is 0.373. The van der Waals surface area contributed by atoms with E-state index in [2.05, 4.69) is 9.97 Å². The molecule has 1 aliphatic rings. The van der Waals surface area contributed by atoms with Crippen molar-refractivity contribution in [2.75, 3.05) is 6.54 Å². The first-order valence-electron chi connectivity index (χ1n) is 7.46. The van der Waals surface area contributed by atoms with Gasteiger partial charge in [-0.2, -0.15) is 0 Å². The highest BCUT2D eigenvalue weighted by molar-refractivity contribution is 5.79. The first kappa shape index (κ1) is 14.7. The van der Waals surface area contributed by atoms with Crippen LogP contribution in [0.1, 0.15) is 27.2 Å². The molecule has 1 aliphatic heterocycles. The van der Waals surface area contributed by atoms with Crippen molar-refractivity contribution < 1.29 is 4.79 Å². The summed E-state index contributed by atoms with van der Waals surface area (Å²) in [6.45, 7) is 7.28. The van der Waals surface area contributed by atoms with Crippen molar-refractivity contribution in [3.8, 4) is 0 Å². The Kier molecular flexibility index (Phi) is 3.47. The number of nitrogens with zero attached hydrogens (tertiary/aromatic N) is 4. The van der Waals surface area contributed by atoms with Crippen LogP contribution in [-0.2, 0) is 11.3 Å². The summed E-state index contributed by atoms with van der Waals surface area (Å²) in [5, 5.41) is 0.516. The van der Waals surface area contributed by atoms with Crippen LogP contribution in [0.3, 0.4) is 0 Å². The number of pyridine rings is 1. The van der Waals surface area contributed by atoms with Gasteiger partial charge in [0, 0.05) is 43.4 Å². The second-order valence-corrected chi connectivity index (χ2v) is 6.84. The number of carbonyl (C=O) groups is 1. The van der Waals surface area contributed by atoms with E-state index in [1.54, 1.807) is 29.4 Å². The molecule has 1 saturated heterocycles. The minimum absolute atomic E-state index is 0.0974. The molecule has 2 aromatic rings. The van der Waals surface area contributed by atoms with E-state index in [1.165, 1.54) is 0 Å². The van der Waals surface area contributed by atoms with E-state index in [0.717, 1.165) is 0 Å². The second kappa shape index (κ2) is 5.19. The highest BCUT2D eigenvalue weighted by Crippen LogP contribution is 2.26. The molecule has 0 spiro atoms. The molecule has 1 fully saturated rings. The third-order valence-electron chi connectivity index (χ3n) is 4.10. The zero-order valence-electron chi connectivity index (χ0n) is 13.1. The first-order chi connectivity index (χ1) is 10.4. The van der Waals surface area contributed by atoms with Crippen molar-refractivity contribution in [2.45, 2.75) is 39.3 Å². The zero-order valence-corrected chi connectivity index (χ0v) is 13.1. The maximum atomic E-state index is 12.5. The molecule has 0 N–H and O–H groups in total. The molecule has 1 amide bonds. The number of fused-ring (bicyclic) bond motifs is 1. The average Bonchev–Trinajstić information content (AvgIpc) is 2.83. The molecular weight excluding hydrogens is 280 g/mol. The normalized spacial score (nSPS) is 19.1. The molecule has 1 unspecified atom stereocenters. The molecule has 2 aromatic heterocycles. The van der Waals surface area contributed by atoms with Crippen LogP contribution in [0.15, 0.2) is 29.6 Å². The maximum Gasteiger partial charge on any atom is 0.262 e. The van der Waals surface area contributed by atoms with Crippen LogP contribution in [0.4, 0.5) is 0 Å². The van der Waals surface area contributed by atoms with Crippen LogP contribution in [0, 0.1) is 5.92 Å². The first-order valence-corrected chi connectivity index (χ1v) is 7.46. The third kappa shape index (κ3) is 2.61. The van der Waals surface area contributed by atoms with Crippen LogP contribution in [0.2, 0.25) is 0 Å². The van der Waals surface area contributed by atoms with Gasteiger partial charge in [-0.15, -0.1) is 0 Å². The van der Waals surface area contributed by atoms with E-state index in [0.29, 0.717) is 30.4 Å². The number of aromatic nitrogens is 3. The zero-order chi connectivity index (χ0) is 15.9. The van der Waals surface area contributed by atoms with Crippen LogP contribution in [0.5, 0.6) is 0 Å². The summed E-state index contributed by atoms with van der Waals surface area (Å²) >= 11 is 0. The van der Waals surface area contributed by atoms with Gasteiger partial charge in [-0.3, -0.25) is 19.1 Å². The van der Waals surface area contributed by atoms with Crippen molar-refractivity contribution >= 4 is 16.8 Å². The molecule has 6 nitrogen and oxygen atoms in total. The largest absolute Gasteiger partial charge is 0.337 e. The fourth-order valence-electron chi connectivity index (χ4n) is 2.96. The van der Waals surface area contributed by atoms with Crippen LogP contribution >= 0.6 is 0 Å². The Morgan fingerprint density at radius 3 is 2.77 bits per heavy atom. The van der Waals surface area contributed by atoms with Gasteiger partial charge < -0.3 is 4.90 Å². The lowest BCUT2D eigenvalue weighted by atomic mass is 10.1. The number of carbonyl (C=O) groups excluding carboxylic acids is 1. The van der Waals surface area contributed by atoms with Gasteiger partial charge in [0.1, 0.15) is 0 Å². The van der Waals surface area contributed by atoms with Gasteiger partial charge >= 0.3 is 0 Å². The molecule has 0 radical (unpaired) electrons. The van der Waals surface area contributed by atoms with Gasteiger partial charge in [0.05, 0.1) is 17.2 Å². The fraction of sp³-hybridized carbons (Fsp3) is 0.500. The third-order valence-corrected chi connectivity index (χ3v) is 4.10. The molecule has 0 aliphatic carbocycles. The number of rotatable bonds is 2. The van der Waals surface area contributed by atoms with Crippen molar-refractivity contribution in [3.63, 3.8) is 0 Å². The van der Waals surface area contributed by atoms with E-state index >= 15 is 0 Å². The lowest BCUT2D eigenvalue weighted by Crippen LogP contribution is -2.42. The number of likely N-dealkylation sites (tertiary alicyclic amines) is 1. The summed E-state index contributed by atoms with van der Waals surface area (Å²) in [4.78, 5) is 34.8. The fourth-order valence-corrected chi connectivity index (χ4v) is 2.96. The van der Waals surface area contributed by atoms with E-state index < -0.39 is 0 Å². The van der Waals surface area contributed by atoms with Crippen LogP contribution < -0.4 is 5.56 Å². The van der Waals surface area contributed by atoms with Gasteiger partial charge in [-0.25, -0.2) is 4.98 Å². The van der Waals surface area contributed by atoms with Crippen molar-refractivity contribution in [2.24, 2.45) is 5.92 Å². The monoisotopic (exact) mass is 300 g/mol. The maximum absolute atomic E-state index is 12.5. The van der Waals surface area contributed by atoms with Crippen LogP contribution in [0.25, 0.3) is 10.9 Å². The summed E-state index contributed by atoms with van der Waals surface area (Å²) in [6.07, 6.45) is 5.21. The standard InChI is InChI=1S/C16H20N4O2/c1-16(2,3)20-9-11(6-14(20)21)8-19-10-18-13-4-5-17-7-12(13)15(19)22/h4-5,7,10-11H,6,8-9H2,1-3H3. The Balaban J connectivity index is 1.84. The SMILES string of the molecule is CC(C)(C)N1CC(Cn2cnc3ccncc3c2=O)CC1=O. The van der Waals surface area contributed by atoms with Gasteiger partial charge in [0.25, 0.3) is 5.56 Å². The minimum atomic E-state index is -0.178. The Morgan fingerprint density at radius 2 is 2.09 bits per heavy atom. The van der Waals surface area contributed by atoms with Crippen LogP contribution in [-0.4, -0.2) is 37.4 Å². The lowest BCUT2D eigenvalue weighted by molar-refractivity contribution is -0.131. The van der Waals surface area contributed by atoms with E-state index in [1.807, 2.05) is 25.7 Å². The van der Waals surface area contributed by atoms with Gasteiger partial charge in [-0.1, -0.05) is 0 Å². The van der Waals surface area contributed by atoms with Crippen molar-refractivity contribution in [3.05, 3.63) is 35.1 Å². The topological polar surface area (TPSA) is 68.1 Å². The summed E-state index contributed by atoms with van der Waals surface area (Å²) in [5.74, 6) is 0.293. The summed E-state index contributed by atoms with van der Waals surface area (Å²) < 4.78 is 1.59. The highest BCUT2D eigenvalue weighted by Gasteiger charge is 2.36. The Morgan fingerprint density at radius 1 is 1.32 bits per heavy atom. The Hall–Kier alpha value is -2.24. The highest BCUT2D eigenvalue weighted by atomic mass is 16.2. The average molecular weight is 300 g/mol. The Labute approximate surface area is 128 Å². The molecule has 116 valence electrons. The quantitative estimate of drug-likeness (QED) is 0.841. The molecule has 0 saturated carbocycles. The predicted octanol–water partition coefficient (Wildman–Crippen LogP) is 1.44. The molecule has 3 rings (SSSR count). The predicted molar refractivity (Wildman–Crippen MR) is 83.4 cm³/mol. The van der Waals surface area contributed by atoms with Crippen molar-refractivity contribution in [1.82, 2.24) is 19.4 Å². The van der Waals surface area contributed by atoms with Gasteiger partial charge in [0.15, 0.2) is 0 Å². The van der Waals surface area contributed by atoms with Gasteiger partial charge in [-0.05, 0) is 26.8 Å². The minimum Gasteiger partial charge on any atom is -0.337 e. The molecule has 3 heterocycles. The second-order valence-electron chi connectivity index (χ2n) is 6.84. The summed E-state index contributed by atoms with van der Waals surface area (Å²) in [6, 6.07) is 1.72.